The predicted molar refractivity (Wildman–Crippen MR) is 92.4 cm³/mol. The van der Waals surface area contributed by atoms with Crippen LogP contribution in [0.15, 0.2) is 53.9 Å². The van der Waals surface area contributed by atoms with Crippen LogP contribution in [0, 0.1) is 0 Å². The van der Waals surface area contributed by atoms with Gasteiger partial charge in [0, 0.05) is 31.2 Å². The number of benzene rings is 1. The molecule has 23 heavy (non-hydrogen) atoms. The third-order valence-corrected chi connectivity index (χ3v) is 3.46. The molecule has 0 bridgehead atoms. The fourth-order valence-electron chi connectivity index (χ4n) is 2.36. The van der Waals surface area contributed by atoms with E-state index >= 15 is 0 Å². The SMILES string of the molecule is C/C=C(\C=NC)c1cnc2c(Nc3ccccc3O)nccn12. The largest absolute Gasteiger partial charge is 0.506 e. The van der Waals surface area contributed by atoms with Gasteiger partial charge in [-0.05, 0) is 19.1 Å². The number of nitrogens with zero attached hydrogens (tertiary/aromatic N) is 4. The van der Waals surface area contributed by atoms with E-state index in [1.165, 1.54) is 0 Å². The van der Waals surface area contributed by atoms with Crippen LogP contribution in [0.25, 0.3) is 11.2 Å². The Morgan fingerprint density at radius 1 is 1.30 bits per heavy atom. The quantitative estimate of drug-likeness (QED) is 0.573. The van der Waals surface area contributed by atoms with E-state index in [0.717, 1.165) is 11.3 Å². The molecule has 2 aromatic heterocycles. The molecular formula is C17H17N5O. The average molecular weight is 307 g/mol. The lowest BCUT2D eigenvalue weighted by molar-refractivity contribution is 0.477. The van der Waals surface area contributed by atoms with E-state index in [0.29, 0.717) is 17.2 Å². The third-order valence-electron chi connectivity index (χ3n) is 3.46. The van der Waals surface area contributed by atoms with Crippen LogP contribution in [0.5, 0.6) is 5.75 Å². The van der Waals surface area contributed by atoms with E-state index in [1.807, 2.05) is 29.7 Å². The molecule has 0 fully saturated rings. The molecule has 0 saturated heterocycles. The molecule has 0 radical (unpaired) electrons. The van der Waals surface area contributed by atoms with Gasteiger partial charge in [-0.2, -0.15) is 0 Å². The van der Waals surface area contributed by atoms with Crippen molar-refractivity contribution in [3.63, 3.8) is 0 Å². The molecule has 6 heteroatoms. The van der Waals surface area contributed by atoms with Gasteiger partial charge in [0.25, 0.3) is 0 Å². The first-order valence-electron chi connectivity index (χ1n) is 7.20. The highest BCUT2D eigenvalue weighted by Crippen LogP contribution is 2.27. The Hall–Kier alpha value is -3.15. The van der Waals surface area contributed by atoms with E-state index < -0.39 is 0 Å². The molecule has 6 nitrogen and oxygen atoms in total. The molecule has 0 amide bonds. The number of phenolic OH excluding ortho intramolecular Hbond substituents is 1. The fourth-order valence-corrected chi connectivity index (χ4v) is 2.36. The average Bonchev–Trinajstić information content (AvgIpc) is 3.00. The highest BCUT2D eigenvalue weighted by Gasteiger charge is 2.11. The third kappa shape index (κ3) is 2.78. The molecule has 0 saturated carbocycles. The maximum absolute atomic E-state index is 9.90. The first-order valence-corrected chi connectivity index (χ1v) is 7.20. The molecule has 3 aromatic rings. The van der Waals surface area contributed by atoms with E-state index in [2.05, 4.69) is 20.3 Å². The number of aromatic hydroxyl groups is 1. The minimum Gasteiger partial charge on any atom is -0.506 e. The minimum absolute atomic E-state index is 0.162. The van der Waals surface area contributed by atoms with Gasteiger partial charge in [0.15, 0.2) is 11.5 Å². The number of aromatic nitrogens is 3. The number of aliphatic imine (C=N–C) groups is 1. The zero-order valence-corrected chi connectivity index (χ0v) is 12.9. The monoisotopic (exact) mass is 307 g/mol. The van der Waals surface area contributed by atoms with Crippen molar-refractivity contribution in [2.45, 2.75) is 6.92 Å². The number of anilines is 2. The Balaban J connectivity index is 2.07. The number of hydrogen-bond acceptors (Lipinski definition) is 5. The van der Waals surface area contributed by atoms with Crippen LogP contribution in [0.3, 0.4) is 0 Å². The number of nitrogens with one attached hydrogen (secondary N) is 1. The van der Waals surface area contributed by atoms with Crippen LogP contribution < -0.4 is 5.32 Å². The Morgan fingerprint density at radius 3 is 2.87 bits per heavy atom. The molecule has 2 N–H and O–H groups in total. The summed E-state index contributed by atoms with van der Waals surface area (Å²) in [5.41, 5.74) is 3.16. The van der Waals surface area contributed by atoms with Gasteiger partial charge in [-0.1, -0.05) is 18.2 Å². The van der Waals surface area contributed by atoms with Crippen LogP contribution in [-0.2, 0) is 0 Å². The van der Waals surface area contributed by atoms with Gasteiger partial charge in [0.1, 0.15) is 5.75 Å². The van der Waals surface area contributed by atoms with E-state index in [-0.39, 0.29) is 5.75 Å². The second-order valence-corrected chi connectivity index (χ2v) is 4.89. The highest BCUT2D eigenvalue weighted by atomic mass is 16.3. The Morgan fingerprint density at radius 2 is 2.13 bits per heavy atom. The van der Waals surface area contributed by atoms with E-state index in [1.54, 1.807) is 43.9 Å². The number of imidazole rings is 1. The van der Waals surface area contributed by atoms with E-state index in [4.69, 9.17) is 0 Å². The molecule has 3 rings (SSSR count). The van der Waals surface area contributed by atoms with Crippen molar-refractivity contribution in [1.82, 2.24) is 14.4 Å². The van der Waals surface area contributed by atoms with Gasteiger partial charge in [0.2, 0.25) is 0 Å². The van der Waals surface area contributed by atoms with Crippen LogP contribution in [-0.4, -0.2) is 32.7 Å². The Bertz CT molecular complexity index is 895. The van der Waals surface area contributed by atoms with E-state index in [9.17, 15) is 5.11 Å². The summed E-state index contributed by atoms with van der Waals surface area (Å²) >= 11 is 0. The number of fused-ring (bicyclic) bond motifs is 1. The molecule has 0 aliphatic carbocycles. The lowest BCUT2D eigenvalue weighted by Crippen LogP contribution is -2.00. The van der Waals surface area contributed by atoms with Gasteiger partial charge in [-0.3, -0.25) is 9.39 Å². The lowest BCUT2D eigenvalue weighted by atomic mass is 10.2. The summed E-state index contributed by atoms with van der Waals surface area (Å²) in [5, 5.41) is 13.0. The van der Waals surface area contributed by atoms with Crippen molar-refractivity contribution < 1.29 is 5.11 Å². The van der Waals surface area contributed by atoms with Crippen molar-refractivity contribution in [1.29, 1.82) is 0 Å². The molecule has 0 spiro atoms. The van der Waals surface area contributed by atoms with Crippen LogP contribution in [0.1, 0.15) is 12.6 Å². The fraction of sp³-hybridized carbons (Fsp3) is 0.118. The van der Waals surface area contributed by atoms with Gasteiger partial charge >= 0.3 is 0 Å². The number of phenols is 1. The summed E-state index contributed by atoms with van der Waals surface area (Å²) in [5.74, 6) is 0.736. The summed E-state index contributed by atoms with van der Waals surface area (Å²) in [4.78, 5) is 12.9. The molecule has 2 heterocycles. The lowest BCUT2D eigenvalue weighted by Gasteiger charge is -2.09. The van der Waals surface area contributed by atoms with Crippen molar-refractivity contribution in [3.8, 4) is 5.75 Å². The maximum atomic E-state index is 9.90. The minimum atomic E-state index is 0.162. The summed E-state index contributed by atoms with van der Waals surface area (Å²) in [7, 11) is 1.74. The topological polar surface area (TPSA) is 74.8 Å². The van der Waals surface area contributed by atoms with Crippen molar-refractivity contribution >= 4 is 28.9 Å². The van der Waals surface area contributed by atoms with Gasteiger partial charge in [-0.25, -0.2) is 9.97 Å². The first kappa shape index (κ1) is 14.8. The summed E-state index contributed by atoms with van der Waals surface area (Å²) < 4.78 is 1.94. The normalized spacial score (nSPS) is 12.2. The molecule has 0 atom stereocenters. The zero-order chi connectivity index (χ0) is 16.2. The van der Waals surface area contributed by atoms with Crippen molar-refractivity contribution in [3.05, 3.63) is 54.6 Å². The number of hydrogen-bond donors (Lipinski definition) is 2. The van der Waals surface area contributed by atoms with Crippen molar-refractivity contribution in [2.75, 3.05) is 12.4 Å². The van der Waals surface area contributed by atoms with Gasteiger partial charge in [0.05, 0.1) is 17.6 Å². The molecular weight excluding hydrogens is 290 g/mol. The first-order chi connectivity index (χ1) is 11.2. The molecule has 0 aliphatic heterocycles. The smallest absolute Gasteiger partial charge is 0.180 e. The molecule has 0 aliphatic rings. The predicted octanol–water partition coefficient (Wildman–Crippen LogP) is 3.28. The number of allylic oxidation sites excluding steroid dienone is 2. The molecule has 1 aromatic carbocycles. The summed E-state index contributed by atoms with van der Waals surface area (Å²) in [6, 6.07) is 7.01. The van der Waals surface area contributed by atoms with Crippen LogP contribution in [0.4, 0.5) is 11.5 Å². The maximum Gasteiger partial charge on any atom is 0.180 e. The number of para-hydroxylation sites is 2. The molecule has 0 unspecified atom stereocenters. The Kier molecular flexibility index (Phi) is 4.05. The Labute approximate surface area is 133 Å². The zero-order valence-electron chi connectivity index (χ0n) is 12.9. The second kappa shape index (κ2) is 6.31. The highest BCUT2D eigenvalue weighted by molar-refractivity contribution is 6.09. The molecule has 116 valence electrons. The standard InChI is InChI=1S/C17H17N5O/c1-3-12(10-18-2)14-11-20-17-16(19-8-9-22(14)17)21-13-6-4-5-7-15(13)23/h3-11,23H,1-2H3,(H,19,21)/b12-3+,18-10?. The van der Waals surface area contributed by atoms with Crippen LogP contribution in [0.2, 0.25) is 0 Å². The second-order valence-electron chi connectivity index (χ2n) is 4.89. The summed E-state index contributed by atoms with van der Waals surface area (Å²) in [6.07, 6.45) is 9.09. The number of rotatable bonds is 4. The van der Waals surface area contributed by atoms with Gasteiger partial charge in [-0.15, -0.1) is 0 Å². The van der Waals surface area contributed by atoms with Crippen LogP contribution >= 0.6 is 0 Å². The van der Waals surface area contributed by atoms with Gasteiger partial charge < -0.3 is 10.4 Å². The summed E-state index contributed by atoms with van der Waals surface area (Å²) in [6.45, 7) is 1.96. The van der Waals surface area contributed by atoms with Crippen molar-refractivity contribution in [2.24, 2.45) is 4.99 Å².